The molecule has 2 heteroatoms. The van der Waals surface area contributed by atoms with Gasteiger partial charge in [0, 0.05) is 6.54 Å². The van der Waals surface area contributed by atoms with Gasteiger partial charge in [0.15, 0.2) is 0 Å². The second-order valence-electron chi connectivity index (χ2n) is 4.83. The third kappa shape index (κ3) is 2.00. The van der Waals surface area contributed by atoms with Crippen LogP contribution in [0.4, 0.5) is 0 Å². The van der Waals surface area contributed by atoms with E-state index in [-0.39, 0.29) is 0 Å². The lowest BCUT2D eigenvalue weighted by Gasteiger charge is -2.26. The fraction of sp³-hybridized carbons (Fsp3) is 0.571. The van der Waals surface area contributed by atoms with Gasteiger partial charge in [0.2, 0.25) is 0 Å². The van der Waals surface area contributed by atoms with Crippen molar-refractivity contribution in [1.29, 1.82) is 0 Å². The predicted molar refractivity (Wildman–Crippen MR) is 64.5 cm³/mol. The van der Waals surface area contributed by atoms with Crippen LogP contribution in [-0.2, 0) is 11.2 Å². The number of hydrogen-bond acceptors (Lipinski definition) is 2. The molecule has 0 amide bonds. The minimum atomic E-state index is 0.348. The Morgan fingerprint density at radius 1 is 1.19 bits per heavy atom. The van der Waals surface area contributed by atoms with Crippen molar-refractivity contribution in [2.45, 2.75) is 37.9 Å². The third-order valence-corrected chi connectivity index (χ3v) is 3.69. The van der Waals surface area contributed by atoms with Gasteiger partial charge in [0.05, 0.1) is 12.2 Å². The van der Waals surface area contributed by atoms with Crippen LogP contribution >= 0.6 is 0 Å². The minimum Gasteiger partial charge on any atom is -0.369 e. The van der Waals surface area contributed by atoms with E-state index in [0.29, 0.717) is 12.2 Å². The third-order valence-electron chi connectivity index (χ3n) is 3.69. The van der Waals surface area contributed by atoms with Crippen molar-refractivity contribution in [3.8, 4) is 0 Å². The fourth-order valence-electron chi connectivity index (χ4n) is 2.83. The number of benzene rings is 1. The van der Waals surface area contributed by atoms with Crippen molar-refractivity contribution in [3.05, 3.63) is 35.4 Å². The molecule has 2 atom stereocenters. The van der Waals surface area contributed by atoms with E-state index >= 15 is 0 Å². The molecule has 1 aliphatic heterocycles. The summed E-state index contributed by atoms with van der Waals surface area (Å²) in [5.41, 5.74) is 2.91. The molecule has 1 aliphatic carbocycles. The van der Waals surface area contributed by atoms with E-state index in [4.69, 9.17) is 4.74 Å². The SMILES string of the molecule is c1ccc2c(c1)CCC2OC1CCCNC1. The van der Waals surface area contributed by atoms with Crippen molar-refractivity contribution in [2.75, 3.05) is 13.1 Å². The predicted octanol–water partition coefficient (Wildman–Crippen LogP) is 2.44. The van der Waals surface area contributed by atoms with Crippen LogP contribution in [0.1, 0.15) is 36.5 Å². The van der Waals surface area contributed by atoms with Gasteiger partial charge in [-0.1, -0.05) is 24.3 Å². The standard InChI is InChI=1S/C14H19NO/c1-2-6-13-11(4-1)7-8-14(13)16-12-5-3-9-15-10-12/h1-2,4,6,12,14-15H,3,5,7-10H2. The highest BCUT2D eigenvalue weighted by Crippen LogP contribution is 2.35. The second kappa shape index (κ2) is 4.56. The molecule has 1 fully saturated rings. The van der Waals surface area contributed by atoms with E-state index in [2.05, 4.69) is 29.6 Å². The number of ether oxygens (including phenoxy) is 1. The number of rotatable bonds is 2. The maximum Gasteiger partial charge on any atom is 0.0835 e. The maximum absolute atomic E-state index is 6.22. The van der Waals surface area contributed by atoms with Gasteiger partial charge < -0.3 is 10.1 Å². The summed E-state index contributed by atoms with van der Waals surface area (Å²) in [4.78, 5) is 0. The van der Waals surface area contributed by atoms with Crippen molar-refractivity contribution in [1.82, 2.24) is 5.32 Å². The van der Waals surface area contributed by atoms with Crippen LogP contribution in [0, 0.1) is 0 Å². The Morgan fingerprint density at radius 2 is 2.12 bits per heavy atom. The van der Waals surface area contributed by atoms with Crippen LogP contribution in [0.2, 0.25) is 0 Å². The molecule has 2 unspecified atom stereocenters. The van der Waals surface area contributed by atoms with Crippen LogP contribution in [-0.4, -0.2) is 19.2 Å². The largest absolute Gasteiger partial charge is 0.369 e. The van der Waals surface area contributed by atoms with E-state index < -0.39 is 0 Å². The van der Waals surface area contributed by atoms with Crippen molar-refractivity contribution in [2.24, 2.45) is 0 Å². The van der Waals surface area contributed by atoms with E-state index in [9.17, 15) is 0 Å². The molecule has 0 aromatic heterocycles. The van der Waals surface area contributed by atoms with Gasteiger partial charge in [-0.25, -0.2) is 0 Å². The molecular formula is C14H19NO. The number of fused-ring (bicyclic) bond motifs is 1. The summed E-state index contributed by atoms with van der Waals surface area (Å²) >= 11 is 0. The van der Waals surface area contributed by atoms with Crippen molar-refractivity contribution >= 4 is 0 Å². The first-order valence-electron chi connectivity index (χ1n) is 6.37. The summed E-state index contributed by atoms with van der Waals surface area (Å²) in [6.07, 6.45) is 5.58. The topological polar surface area (TPSA) is 21.3 Å². The highest BCUT2D eigenvalue weighted by molar-refractivity contribution is 5.33. The maximum atomic E-state index is 6.22. The summed E-state index contributed by atoms with van der Waals surface area (Å²) < 4.78 is 6.22. The van der Waals surface area contributed by atoms with Gasteiger partial charge in [-0.2, -0.15) is 0 Å². The van der Waals surface area contributed by atoms with Gasteiger partial charge in [-0.3, -0.25) is 0 Å². The van der Waals surface area contributed by atoms with Crippen LogP contribution in [0.3, 0.4) is 0 Å². The molecule has 2 nitrogen and oxygen atoms in total. The van der Waals surface area contributed by atoms with Crippen LogP contribution in [0.15, 0.2) is 24.3 Å². The van der Waals surface area contributed by atoms with Crippen molar-refractivity contribution < 1.29 is 4.74 Å². The molecule has 1 aromatic rings. The zero-order valence-electron chi connectivity index (χ0n) is 9.61. The summed E-state index contributed by atoms with van der Waals surface area (Å²) in [6.45, 7) is 2.18. The molecule has 16 heavy (non-hydrogen) atoms. The summed E-state index contributed by atoms with van der Waals surface area (Å²) in [7, 11) is 0. The average Bonchev–Trinajstić information content (AvgIpc) is 2.74. The Labute approximate surface area is 97.0 Å². The second-order valence-corrected chi connectivity index (χ2v) is 4.83. The molecule has 0 radical (unpaired) electrons. The average molecular weight is 217 g/mol. The van der Waals surface area contributed by atoms with E-state index in [1.807, 2.05) is 0 Å². The quantitative estimate of drug-likeness (QED) is 0.821. The molecule has 86 valence electrons. The molecule has 1 saturated heterocycles. The molecular weight excluding hydrogens is 198 g/mol. The molecule has 1 N–H and O–H groups in total. The molecule has 0 spiro atoms. The first-order valence-corrected chi connectivity index (χ1v) is 6.37. The Morgan fingerprint density at radius 3 is 3.00 bits per heavy atom. The van der Waals surface area contributed by atoms with Crippen LogP contribution in [0.25, 0.3) is 0 Å². The van der Waals surface area contributed by atoms with Crippen LogP contribution in [0.5, 0.6) is 0 Å². The first kappa shape index (κ1) is 10.3. The number of hydrogen-bond donors (Lipinski definition) is 1. The van der Waals surface area contributed by atoms with E-state index in [0.717, 1.165) is 19.5 Å². The Bertz CT molecular complexity index is 358. The van der Waals surface area contributed by atoms with Gasteiger partial charge in [-0.15, -0.1) is 0 Å². The number of piperidine rings is 1. The number of nitrogens with one attached hydrogen (secondary N) is 1. The lowest BCUT2D eigenvalue weighted by molar-refractivity contribution is -0.0232. The number of aryl methyl sites for hydroxylation is 1. The Balaban J connectivity index is 1.68. The molecule has 1 heterocycles. The summed E-state index contributed by atoms with van der Waals surface area (Å²) in [6, 6.07) is 8.71. The van der Waals surface area contributed by atoms with E-state index in [1.54, 1.807) is 0 Å². The van der Waals surface area contributed by atoms with Gasteiger partial charge in [-0.05, 0) is 43.4 Å². The molecule has 3 rings (SSSR count). The van der Waals surface area contributed by atoms with E-state index in [1.165, 1.54) is 30.4 Å². The molecule has 0 saturated carbocycles. The lowest BCUT2D eigenvalue weighted by Crippen LogP contribution is -2.35. The van der Waals surface area contributed by atoms with Gasteiger partial charge in [0.25, 0.3) is 0 Å². The highest BCUT2D eigenvalue weighted by atomic mass is 16.5. The smallest absolute Gasteiger partial charge is 0.0835 e. The summed E-state index contributed by atoms with van der Waals surface area (Å²) in [5.74, 6) is 0. The van der Waals surface area contributed by atoms with Crippen molar-refractivity contribution in [3.63, 3.8) is 0 Å². The first-order chi connectivity index (χ1) is 7.93. The minimum absolute atomic E-state index is 0.348. The molecule has 0 bridgehead atoms. The monoisotopic (exact) mass is 217 g/mol. The summed E-state index contributed by atoms with van der Waals surface area (Å²) in [5, 5.41) is 3.41. The lowest BCUT2D eigenvalue weighted by atomic mass is 10.1. The molecule has 2 aliphatic rings. The van der Waals surface area contributed by atoms with Gasteiger partial charge >= 0.3 is 0 Å². The van der Waals surface area contributed by atoms with Gasteiger partial charge in [0.1, 0.15) is 0 Å². The normalized spacial score (nSPS) is 29.0. The highest BCUT2D eigenvalue weighted by Gasteiger charge is 2.26. The fourth-order valence-corrected chi connectivity index (χ4v) is 2.83. The zero-order chi connectivity index (χ0) is 10.8. The van der Waals surface area contributed by atoms with Crippen LogP contribution < -0.4 is 5.32 Å². The zero-order valence-corrected chi connectivity index (χ0v) is 9.61. The molecule has 1 aromatic carbocycles. The Hall–Kier alpha value is -0.860. The Kier molecular flexibility index (Phi) is 2.94.